The van der Waals surface area contributed by atoms with Crippen LogP contribution in [0.25, 0.3) is 22.8 Å². The molecule has 0 spiro atoms. The second-order valence-electron chi connectivity index (χ2n) is 9.85. The van der Waals surface area contributed by atoms with E-state index in [1.165, 1.54) is 0 Å². The van der Waals surface area contributed by atoms with Gasteiger partial charge in [0.05, 0.1) is 24.0 Å². The highest BCUT2D eigenvalue weighted by atomic mass is 16.5. The van der Waals surface area contributed by atoms with Gasteiger partial charge in [0.15, 0.2) is 0 Å². The molecule has 11 nitrogen and oxygen atoms in total. The Morgan fingerprint density at radius 1 is 0.659 bits per heavy atom. The first kappa shape index (κ1) is 26.2. The van der Waals surface area contributed by atoms with Crippen LogP contribution in [0.4, 0.5) is 0 Å². The number of hydrogen-bond acceptors (Lipinski definition) is 9. The maximum atomic E-state index is 6.64. The largest absolute Gasteiger partial charge is 0.457 e. The van der Waals surface area contributed by atoms with E-state index >= 15 is 0 Å². The van der Waals surface area contributed by atoms with Gasteiger partial charge in [0.1, 0.15) is 11.5 Å². The van der Waals surface area contributed by atoms with Crippen LogP contribution in [0.2, 0.25) is 0 Å². The molecule has 0 aliphatic rings. The number of nitrogens with zero attached hydrogens (tertiary/aromatic N) is 6. The maximum Gasteiger partial charge on any atom is 0.223 e. The van der Waals surface area contributed by atoms with Crippen molar-refractivity contribution in [2.24, 2.45) is 0 Å². The van der Waals surface area contributed by atoms with Crippen LogP contribution in [0.1, 0.15) is 47.1 Å². The summed E-state index contributed by atoms with van der Waals surface area (Å²) < 4.78 is 17.1. The highest BCUT2D eigenvalue weighted by Crippen LogP contribution is 2.34. The SMILES string of the molecule is Cc1nc(-c2ccc(Oc3ccc(-c4noc(C)n4)cc3CCCc3c[nH]cn3)c(CCCc3c[nH]cn3)c2)no1. The smallest absolute Gasteiger partial charge is 0.223 e. The Morgan fingerprint density at radius 2 is 1.15 bits per heavy atom. The van der Waals surface area contributed by atoms with Gasteiger partial charge in [-0.15, -0.1) is 0 Å². The van der Waals surface area contributed by atoms with E-state index in [1.54, 1.807) is 26.5 Å². The summed E-state index contributed by atoms with van der Waals surface area (Å²) in [6.07, 6.45) is 12.4. The standard InChI is InChI=1S/C30H30N8O3/c1-19-35-29(37-40-19)23-9-11-27(21(13-23)5-3-7-25-15-31-17-33-25)39-28-12-10-24(30-36-20(2)41-38-30)14-22(28)6-4-8-26-16-32-18-34-26/h9-18H,3-8H2,1-2H3,(H,31,33)(H,32,34). The molecule has 0 bridgehead atoms. The molecular formula is C30H30N8O3. The summed E-state index contributed by atoms with van der Waals surface area (Å²) in [6, 6.07) is 12.1. The van der Waals surface area contributed by atoms with E-state index in [0.717, 1.165) is 83.7 Å². The molecule has 6 rings (SSSR count). The zero-order valence-electron chi connectivity index (χ0n) is 22.9. The molecule has 11 heteroatoms. The van der Waals surface area contributed by atoms with Gasteiger partial charge in [-0.05, 0) is 86.1 Å². The van der Waals surface area contributed by atoms with Crippen LogP contribution in [0.3, 0.4) is 0 Å². The summed E-state index contributed by atoms with van der Waals surface area (Å²) in [6.45, 7) is 3.57. The molecule has 0 aliphatic carbocycles. The molecule has 0 aliphatic heterocycles. The number of ether oxygens (including phenoxy) is 1. The number of imidazole rings is 2. The van der Waals surface area contributed by atoms with Gasteiger partial charge in [0, 0.05) is 37.4 Å². The van der Waals surface area contributed by atoms with Gasteiger partial charge in [-0.2, -0.15) is 9.97 Å². The van der Waals surface area contributed by atoms with Crippen molar-refractivity contribution in [3.8, 4) is 34.3 Å². The Morgan fingerprint density at radius 3 is 1.54 bits per heavy atom. The van der Waals surface area contributed by atoms with Gasteiger partial charge < -0.3 is 23.8 Å². The summed E-state index contributed by atoms with van der Waals surface area (Å²) in [5, 5.41) is 8.21. The number of benzene rings is 2. The molecule has 0 unspecified atom stereocenters. The summed E-state index contributed by atoms with van der Waals surface area (Å²) in [5.41, 5.74) is 5.94. The van der Waals surface area contributed by atoms with Crippen molar-refractivity contribution in [3.05, 3.63) is 95.7 Å². The molecule has 2 aromatic carbocycles. The van der Waals surface area contributed by atoms with Crippen LogP contribution in [-0.2, 0) is 25.7 Å². The van der Waals surface area contributed by atoms with E-state index in [-0.39, 0.29) is 0 Å². The maximum absolute atomic E-state index is 6.64. The van der Waals surface area contributed by atoms with Crippen LogP contribution in [0.15, 0.2) is 70.5 Å². The fraction of sp³-hybridized carbons (Fsp3) is 0.267. The van der Waals surface area contributed by atoms with Crippen molar-refractivity contribution in [1.29, 1.82) is 0 Å². The average Bonchev–Trinajstić information content (AvgIpc) is 3.80. The minimum atomic E-state index is 0.525. The molecular weight excluding hydrogens is 520 g/mol. The van der Waals surface area contributed by atoms with Crippen molar-refractivity contribution >= 4 is 0 Å². The second kappa shape index (κ2) is 12.0. The minimum Gasteiger partial charge on any atom is -0.457 e. The van der Waals surface area contributed by atoms with Gasteiger partial charge in [-0.3, -0.25) is 0 Å². The summed E-state index contributed by atoms with van der Waals surface area (Å²) >= 11 is 0. The van der Waals surface area contributed by atoms with Crippen LogP contribution >= 0.6 is 0 Å². The quantitative estimate of drug-likeness (QED) is 0.188. The molecule has 0 fully saturated rings. The first-order valence-corrected chi connectivity index (χ1v) is 13.6. The number of H-pyrrole nitrogens is 2. The van der Waals surface area contributed by atoms with Gasteiger partial charge in [0.25, 0.3) is 0 Å². The number of aromatic nitrogens is 8. The molecule has 6 aromatic rings. The lowest BCUT2D eigenvalue weighted by atomic mass is 10.0. The molecule has 2 N–H and O–H groups in total. The molecule has 0 amide bonds. The fourth-order valence-electron chi connectivity index (χ4n) is 4.75. The Bertz CT molecular complexity index is 1580. The van der Waals surface area contributed by atoms with Crippen molar-refractivity contribution in [2.75, 3.05) is 0 Å². The zero-order chi connectivity index (χ0) is 28.0. The highest BCUT2D eigenvalue weighted by molar-refractivity contribution is 5.61. The third-order valence-corrected chi connectivity index (χ3v) is 6.78. The number of rotatable bonds is 12. The van der Waals surface area contributed by atoms with E-state index in [4.69, 9.17) is 13.8 Å². The van der Waals surface area contributed by atoms with Crippen molar-refractivity contribution in [3.63, 3.8) is 0 Å². The second-order valence-corrected chi connectivity index (χ2v) is 9.85. The van der Waals surface area contributed by atoms with Gasteiger partial charge in [0.2, 0.25) is 23.4 Å². The molecule has 0 saturated heterocycles. The lowest BCUT2D eigenvalue weighted by Gasteiger charge is -2.16. The Kier molecular flexibility index (Phi) is 7.65. The zero-order valence-corrected chi connectivity index (χ0v) is 22.9. The van der Waals surface area contributed by atoms with E-state index in [2.05, 4.69) is 52.3 Å². The molecule has 4 aromatic heterocycles. The first-order chi connectivity index (χ1) is 20.1. The number of hydrogen-bond donors (Lipinski definition) is 2. The topological polar surface area (TPSA) is 144 Å². The molecule has 0 atom stereocenters. The summed E-state index contributed by atoms with van der Waals surface area (Å²) in [7, 11) is 0. The van der Waals surface area contributed by atoms with E-state index in [9.17, 15) is 0 Å². The predicted molar refractivity (Wildman–Crippen MR) is 150 cm³/mol. The average molecular weight is 551 g/mol. The van der Waals surface area contributed by atoms with Crippen molar-refractivity contribution in [2.45, 2.75) is 52.4 Å². The van der Waals surface area contributed by atoms with Crippen LogP contribution in [-0.4, -0.2) is 40.2 Å². The first-order valence-electron chi connectivity index (χ1n) is 13.6. The fourth-order valence-corrected chi connectivity index (χ4v) is 4.75. The lowest BCUT2D eigenvalue weighted by molar-refractivity contribution is 0.394. The van der Waals surface area contributed by atoms with Gasteiger partial charge >= 0.3 is 0 Å². The summed E-state index contributed by atoms with van der Waals surface area (Å²) in [4.78, 5) is 23.6. The predicted octanol–water partition coefficient (Wildman–Crippen LogP) is 5.99. The molecule has 41 heavy (non-hydrogen) atoms. The molecule has 4 heterocycles. The van der Waals surface area contributed by atoms with Crippen LogP contribution in [0.5, 0.6) is 11.5 Å². The molecule has 208 valence electrons. The summed E-state index contributed by atoms with van der Waals surface area (Å²) in [5.74, 6) is 3.73. The van der Waals surface area contributed by atoms with Crippen LogP contribution < -0.4 is 4.74 Å². The van der Waals surface area contributed by atoms with E-state index in [0.29, 0.717) is 23.4 Å². The highest BCUT2D eigenvalue weighted by Gasteiger charge is 2.16. The molecule has 0 saturated carbocycles. The Labute approximate surface area is 236 Å². The Hall–Kier alpha value is -5.06. The number of aryl methyl sites for hydroxylation is 6. The lowest BCUT2D eigenvalue weighted by Crippen LogP contribution is -1.99. The monoisotopic (exact) mass is 550 g/mol. The number of nitrogens with one attached hydrogen (secondary N) is 2. The van der Waals surface area contributed by atoms with Crippen molar-refractivity contribution < 1.29 is 13.8 Å². The normalized spacial score (nSPS) is 11.3. The minimum absolute atomic E-state index is 0.525. The van der Waals surface area contributed by atoms with E-state index < -0.39 is 0 Å². The Balaban J connectivity index is 1.29. The molecule has 0 radical (unpaired) electrons. The third kappa shape index (κ3) is 6.40. The van der Waals surface area contributed by atoms with Gasteiger partial charge in [-0.1, -0.05) is 10.3 Å². The van der Waals surface area contributed by atoms with Crippen molar-refractivity contribution in [1.82, 2.24) is 40.2 Å². The third-order valence-electron chi connectivity index (χ3n) is 6.78. The number of aromatic amines is 2. The van der Waals surface area contributed by atoms with E-state index in [1.807, 2.05) is 36.7 Å². The van der Waals surface area contributed by atoms with Gasteiger partial charge in [-0.25, -0.2) is 9.97 Å². The van der Waals surface area contributed by atoms with Crippen LogP contribution in [0, 0.1) is 13.8 Å².